The molecule has 3 aliphatic heterocycles. The van der Waals surface area contributed by atoms with Gasteiger partial charge in [0.15, 0.2) is 18.1 Å². The standard InChI is InChI=1S/C22H23N3O7S/c1-13-8-16-18(30-11-21(26)24-16)10-20(13)33(28,29)25-6-4-14(5-7-25)22(27)23-15-2-3-17-19(9-15)32-12-31-17/h2-3,8-10,14H,4-7,11-12H2,1H3,(H,23,27)(H,24,26). The molecule has 3 heterocycles. The second kappa shape index (κ2) is 8.23. The lowest BCUT2D eigenvalue weighted by Crippen LogP contribution is -2.41. The van der Waals surface area contributed by atoms with Crippen LogP contribution in [0, 0.1) is 12.8 Å². The molecule has 1 fully saturated rings. The number of anilines is 2. The highest BCUT2D eigenvalue weighted by atomic mass is 32.2. The molecule has 0 radical (unpaired) electrons. The summed E-state index contributed by atoms with van der Waals surface area (Å²) in [4.78, 5) is 24.4. The minimum Gasteiger partial charge on any atom is -0.482 e. The SMILES string of the molecule is Cc1cc2c(cc1S(=O)(=O)N1CCC(C(=O)Nc3ccc4c(c3)OCO4)CC1)OCC(=O)N2. The highest BCUT2D eigenvalue weighted by Crippen LogP contribution is 2.36. The number of piperidine rings is 1. The molecule has 0 aromatic heterocycles. The molecule has 0 saturated carbocycles. The fourth-order valence-electron chi connectivity index (χ4n) is 4.21. The van der Waals surface area contributed by atoms with Crippen LogP contribution in [-0.2, 0) is 19.6 Å². The molecule has 174 valence electrons. The maximum atomic E-state index is 13.3. The Morgan fingerprint density at radius 2 is 1.82 bits per heavy atom. The largest absolute Gasteiger partial charge is 0.482 e. The van der Waals surface area contributed by atoms with Gasteiger partial charge in [0.05, 0.1) is 10.6 Å². The van der Waals surface area contributed by atoms with Gasteiger partial charge < -0.3 is 24.8 Å². The summed E-state index contributed by atoms with van der Waals surface area (Å²) >= 11 is 0. The quantitative estimate of drug-likeness (QED) is 0.697. The van der Waals surface area contributed by atoms with Crippen LogP contribution in [0.25, 0.3) is 0 Å². The van der Waals surface area contributed by atoms with Crippen molar-refractivity contribution in [1.82, 2.24) is 4.31 Å². The van der Waals surface area contributed by atoms with Crippen LogP contribution in [0.2, 0.25) is 0 Å². The van der Waals surface area contributed by atoms with E-state index in [1.165, 1.54) is 10.4 Å². The summed E-state index contributed by atoms with van der Waals surface area (Å²) in [6.07, 6.45) is 0.818. The third-order valence-electron chi connectivity index (χ3n) is 5.99. The molecule has 2 N–H and O–H groups in total. The minimum absolute atomic E-state index is 0.140. The van der Waals surface area contributed by atoms with E-state index in [1.807, 2.05) is 0 Å². The van der Waals surface area contributed by atoms with Crippen LogP contribution in [0.3, 0.4) is 0 Å². The van der Waals surface area contributed by atoms with E-state index < -0.39 is 10.0 Å². The molecular weight excluding hydrogens is 450 g/mol. The summed E-state index contributed by atoms with van der Waals surface area (Å²) in [5.74, 6) is 0.815. The summed E-state index contributed by atoms with van der Waals surface area (Å²) < 4.78 is 44.0. The zero-order valence-electron chi connectivity index (χ0n) is 17.9. The van der Waals surface area contributed by atoms with Crippen LogP contribution < -0.4 is 24.8 Å². The van der Waals surface area contributed by atoms with Crippen molar-refractivity contribution < 1.29 is 32.2 Å². The smallest absolute Gasteiger partial charge is 0.262 e. The van der Waals surface area contributed by atoms with Crippen LogP contribution in [-0.4, -0.2) is 51.0 Å². The Hall–Kier alpha value is -3.31. The number of hydrogen-bond acceptors (Lipinski definition) is 7. The summed E-state index contributed by atoms with van der Waals surface area (Å²) in [6.45, 7) is 2.15. The molecule has 10 nitrogen and oxygen atoms in total. The first-order chi connectivity index (χ1) is 15.8. The summed E-state index contributed by atoms with van der Waals surface area (Å²) in [5.41, 5.74) is 1.58. The van der Waals surface area contributed by atoms with Crippen LogP contribution in [0.1, 0.15) is 18.4 Å². The molecule has 0 bridgehead atoms. The highest BCUT2D eigenvalue weighted by Gasteiger charge is 2.34. The minimum atomic E-state index is -3.78. The van der Waals surface area contributed by atoms with Gasteiger partial charge in [-0.25, -0.2) is 8.42 Å². The fourth-order valence-corrected chi connectivity index (χ4v) is 5.90. The Balaban J connectivity index is 1.25. The Morgan fingerprint density at radius 3 is 2.61 bits per heavy atom. The van der Waals surface area contributed by atoms with Gasteiger partial charge in [0, 0.05) is 36.8 Å². The van der Waals surface area contributed by atoms with E-state index in [9.17, 15) is 18.0 Å². The number of benzene rings is 2. The predicted molar refractivity (Wildman–Crippen MR) is 118 cm³/mol. The van der Waals surface area contributed by atoms with Crippen LogP contribution in [0.15, 0.2) is 35.2 Å². The van der Waals surface area contributed by atoms with Gasteiger partial charge in [-0.15, -0.1) is 0 Å². The summed E-state index contributed by atoms with van der Waals surface area (Å²) in [7, 11) is -3.78. The third kappa shape index (κ3) is 4.09. The molecule has 5 rings (SSSR count). The van der Waals surface area contributed by atoms with E-state index in [2.05, 4.69) is 10.6 Å². The second-order valence-corrected chi connectivity index (χ2v) is 10.1. The van der Waals surface area contributed by atoms with Crippen molar-refractivity contribution in [2.24, 2.45) is 5.92 Å². The zero-order chi connectivity index (χ0) is 23.2. The van der Waals surface area contributed by atoms with Gasteiger partial charge in [-0.1, -0.05) is 0 Å². The third-order valence-corrected chi connectivity index (χ3v) is 8.03. The maximum Gasteiger partial charge on any atom is 0.262 e. The van der Waals surface area contributed by atoms with Crippen LogP contribution in [0.5, 0.6) is 17.2 Å². The van der Waals surface area contributed by atoms with Crippen molar-refractivity contribution in [3.63, 3.8) is 0 Å². The van der Waals surface area contributed by atoms with Gasteiger partial charge in [0.2, 0.25) is 22.7 Å². The van der Waals surface area contributed by atoms with E-state index in [1.54, 1.807) is 31.2 Å². The average Bonchev–Trinajstić information content (AvgIpc) is 3.26. The van der Waals surface area contributed by atoms with Crippen molar-refractivity contribution in [3.05, 3.63) is 35.9 Å². The van der Waals surface area contributed by atoms with Crippen molar-refractivity contribution in [2.75, 3.05) is 37.1 Å². The normalized spacial score (nSPS) is 18.3. The van der Waals surface area contributed by atoms with Gasteiger partial charge in [-0.3, -0.25) is 9.59 Å². The predicted octanol–water partition coefficient (Wildman–Crippen LogP) is 2.09. The highest BCUT2D eigenvalue weighted by molar-refractivity contribution is 7.89. The maximum absolute atomic E-state index is 13.3. The average molecular weight is 474 g/mol. The number of sulfonamides is 1. The Morgan fingerprint density at radius 1 is 1.06 bits per heavy atom. The van der Waals surface area contributed by atoms with Crippen LogP contribution in [0.4, 0.5) is 11.4 Å². The number of nitrogens with one attached hydrogen (secondary N) is 2. The molecule has 2 aromatic rings. The zero-order valence-corrected chi connectivity index (χ0v) is 18.7. The molecule has 3 aliphatic rings. The number of carbonyl (C=O) groups excluding carboxylic acids is 2. The summed E-state index contributed by atoms with van der Waals surface area (Å²) in [5, 5.41) is 5.56. The van der Waals surface area contributed by atoms with E-state index in [4.69, 9.17) is 14.2 Å². The first kappa shape index (κ1) is 21.5. The molecule has 0 atom stereocenters. The van der Waals surface area contributed by atoms with Crippen molar-refractivity contribution in [3.8, 4) is 17.2 Å². The Bertz CT molecular complexity index is 1240. The van der Waals surface area contributed by atoms with Crippen molar-refractivity contribution >= 4 is 33.2 Å². The topological polar surface area (TPSA) is 123 Å². The second-order valence-electron chi connectivity index (χ2n) is 8.19. The molecule has 33 heavy (non-hydrogen) atoms. The van der Waals surface area contributed by atoms with E-state index >= 15 is 0 Å². The molecule has 2 amide bonds. The molecule has 1 saturated heterocycles. The Labute approximate surface area is 190 Å². The molecule has 0 aliphatic carbocycles. The van der Waals surface area contributed by atoms with E-state index in [0.717, 1.165) is 0 Å². The van der Waals surface area contributed by atoms with E-state index in [0.29, 0.717) is 47.0 Å². The molecule has 0 unspecified atom stereocenters. The number of rotatable bonds is 4. The lowest BCUT2D eigenvalue weighted by atomic mass is 9.97. The monoisotopic (exact) mass is 473 g/mol. The fraction of sp³-hybridized carbons (Fsp3) is 0.364. The number of fused-ring (bicyclic) bond motifs is 2. The van der Waals surface area contributed by atoms with Gasteiger partial charge >= 0.3 is 0 Å². The molecule has 2 aromatic carbocycles. The number of carbonyl (C=O) groups is 2. The lowest BCUT2D eigenvalue weighted by molar-refractivity contribution is -0.121. The van der Waals surface area contributed by atoms with Gasteiger partial charge in [0.1, 0.15) is 5.75 Å². The number of amides is 2. The van der Waals surface area contributed by atoms with Gasteiger partial charge in [-0.2, -0.15) is 4.31 Å². The number of hydrogen-bond donors (Lipinski definition) is 2. The number of aryl methyl sites for hydroxylation is 1. The molecular formula is C22H23N3O7S. The van der Waals surface area contributed by atoms with Crippen molar-refractivity contribution in [1.29, 1.82) is 0 Å². The van der Waals surface area contributed by atoms with Crippen LogP contribution >= 0.6 is 0 Å². The molecule has 11 heteroatoms. The Kier molecular flexibility index (Phi) is 5.37. The molecule has 0 spiro atoms. The number of ether oxygens (including phenoxy) is 3. The van der Waals surface area contributed by atoms with Gasteiger partial charge in [0.25, 0.3) is 5.91 Å². The first-order valence-electron chi connectivity index (χ1n) is 10.6. The van der Waals surface area contributed by atoms with E-state index in [-0.39, 0.29) is 49.1 Å². The lowest BCUT2D eigenvalue weighted by Gasteiger charge is -2.31. The first-order valence-corrected chi connectivity index (χ1v) is 12.0. The summed E-state index contributed by atoms with van der Waals surface area (Å²) in [6, 6.07) is 8.25. The van der Waals surface area contributed by atoms with Gasteiger partial charge in [-0.05, 0) is 43.5 Å². The van der Waals surface area contributed by atoms with Crippen molar-refractivity contribution in [2.45, 2.75) is 24.7 Å². The number of nitrogens with zero attached hydrogens (tertiary/aromatic N) is 1.